The highest BCUT2D eigenvalue weighted by atomic mass is 19.1. The number of carbonyl (C=O) groups excluding carboxylic acids is 1. The first-order valence-corrected chi connectivity index (χ1v) is 9.33. The minimum absolute atomic E-state index is 0.00835. The second kappa shape index (κ2) is 8.17. The lowest BCUT2D eigenvalue weighted by atomic mass is 9.93. The van der Waals surface area contributed by atoms with Crippen LogP contribution in [0.2, 0.25) is 0 Å². The lowest BCUT2D eigenvalue weighted by molar-refractivity contribution is -0.132. The van der Waals surface area contributed by atoms with Gasteiger partial charge in [0.15, 0.2) is 0 Å². The van der Waals surface area contributed by atoms with Gasteiger partial charge in [0.1, 0.15) is 17.6 Å². The summed E-state index contributed by atoms with van der Waals surface area (Å²) >= 11 is 0. The number of halogens is 1. The van der Waals surface area contributed by atoms with Crippen molar-refractivity contribution in [2.24, 2.45) is 0 Å². The van der Waals surface area contributed by atoms with Crippen molar-refractivity contribution in [1.82, 2.24) is 14.9 Å². The van der Waals surface area contributed by atoms with Crippen molar-refractivity contribution in [2.45, 2.75) is 5.92 Å². The summed E-state index contributed by atoms with van der Waals surface area (Å²) in [4.78, 5) is 26.2. The van der Waals surface area contributed by atoms with E-state index >= 15 is 0 Å². The number of amides is 1. The Labute approximate surface area is 163 Å². The molecule has 1 fully saturated rings. The Kier molecular flexibility index (Phi) is 5.28. The lowest BCUT2D eigenvalue weighted by Gasteiger charge is -2.37. The van der Waals surface area contributed by atoms with Gasteiger partial charge in [0.2, 0.25) is 5.91 Å². The van der Waals surface area contributed by atoms with E-state index in [0.29, 0.717) is 18.8 Å². The van der Waals surface area contributed by atoms with Crippen LogP contribution in [0.1, 0.15) is 17.2 Å². The van der Waals surface area contributed by atoms with Gasteiger partial charge in [-0.1, -0.05) is 24.3 Å². The van der Waals surface area contributed by atoms with Crippen molar-refractivity contribution in [3.8, 4) is 0 Å². The highest BCUT2D eigenvalue weighted by Crippen LogP contribution is 2.26. The van der Waals surface area contributed by atoms with Crippen LogP contribution in [0.3, 0.4) is 0 Å². The second-order valence-corrected chi connectivity index (χ2v) is 6.74. The van der Waals surface area contributed by atoms with Gasteiger partial charge in [-0.2, -0.15) is 0 Å². The van der Waals surface area contributed by atoms with Gasteiger partial charge in [-0.15, -0.1) is 0 Å². The first-order chi connectivity index (χ1) is 13.7. The van der Waals surface area contributed by atoms with Crippen LogP contribution >= 0.6 is 0 Å². The minimum Gasteiger partial charge on any atom is -0.353 e. The highest BCUT2D eigenvalue weighted by molar-refractivity contribution is 5.87. The van der Waals surface area contributed by atoms with Crippen molar-refractivity contribution < 1.29 is 9.18 Å². The van der Waals surface area contributed by atoms with Crippen LogP contribution < -0.4 is 4.90 Å². The fourth-order valence-corrected chi connectivity index (χ4v) is 3.52. The number of carbonyl (C=O) groups is 1. The van der Waals surface area contributed by atoms with E-state index in [9.17, 15) is 9.18 Å². The summed E-state index contributed by atoms with van der Waals surface area (Å²) in [6, 6.07) is 17.5. The molecule has 0 radical (unpaired) electrons. The fraction of sp³-hybridized carbons (Fsp3) is 0.227. The summed E-state index contributed by atoms with van der Waals surface area (Å²) in [5.74, 6) is 0.0588. The predicted molar refractivity (Wildman–Crippen MR) is 106 cm³/mol. The first kappa shape index (κ1) is 18.1. The molecular formula is C22H21FN4O. The summed E-state index contributed by atoms with van der Waals surface area (Å²) in [6.07, 6.45) is 3.46. The van der Waals surface area contributed by atoms with Gasteiger partial charge in [0.25, 0.3) is 0 Å². The molecule has 1 aliphatic heterocycles. The summed E-state index contributed by atoms with van der Waals surface area (Å²) in [5.41, 5.74) is 1.42. The number of pyridine rings is 2. The largest absolute Gasteiger partial charge is 0.353 e. The molecule has 0 spiro atoms. The Morgan fingerprint density at radius 1 is 0.857 bits per heavy atom. The summed E-state index contributed by atoms with van der Waals surface area (Å²) < 4.78 is 13.4. The van der Waals surface area contributed by atoms with E-state index in [0.717, 1.165) is 24.5 Å². The molecule has 0 saturated carbocycles. The smallest absolute Gasteiger partial charge is 0.236 e. The molecule has 0 bridgehead atoms. The SMILES string of the molecule is O=C(C(c1ccc(F)cc1)c1ccccn1)N1CCN(c2ccccn2)CC1. The third-order valence-electron chi connectivity index (χ3n) is 5.00. The Balaban J connectivity index is 1.54. The van der Waals surface area contributed by atoms with Gasteiger partial charge < -0.3 is 9.80 Å². The highest BCUT2D eigenvalue weighted by Gasteiger charge is 2.31. The van der Waals surface area contributed by atoms with Gasteiger partial charge in [0, 0.05) is 38.6 Å². The van der Waals surface area contributed by atoms with E-state index in [4.69, 9.17) is 0 Å². The maximum atomic E-state index is 13.4. The van der Waals surface area contributed by atoms with Crippen LogP contribution in [0.25, 0.3) is 0 Å². The van der Waals surface area contributed by atoms with Gasteiger partial charge in [-0.05, 0) is 42.0 Å². The Hall–Kier alpha value is -3.28. The van der Waals surface area contributed by atoms with Crippen molar-refractivity contribution in [2.75, 3.05) is 31.1 Å². The number of nitrogens with zero attached hydrogens (tertiary/aromatic N) is 4. The standard InChI is InChI=1S/C22H21FN4O/c23-18-9-7-17(8-10-18)21(19-5-1-3-11-24-19)22(28)27-15-13-26(14-16-27)20-6-2-4-12-25-20/h1-12,21H,13-16H2. The first-order valence-electron chi connectivity index (χ1n) is 9.33. The van der Waals surface area contributed by atoms with Crippen molar-refractivity contribution in [3.05, 3.63) is 90.1 Å². The molecule has 3 heterocycles. The number of hydrogen-bond acceptors (Lipinski definition) is 4. The molecular weight excluding hydrogens is 355 g/mol. The molecule has 2 aromatic heterocycles. The monoisotopic (exact) mass is 376 g/mol. The van der Waals surface area contributed by atoms with E-state index in [1.807, 2.05) is 41.3 Å². The van der Waals surface area contributed by atoms with Gasteiger partial charge in [-0.3, -0.25) is 9.78 Å². The Morgan fingerprint density at radius 3 is 2.14 bits per heavy atom. The topological polar surface area (TPSA) is 49.3 Å². The van der Waals surface area contributed by atoms with Crippen LogP contribution in [-0.4, -0.2) is 47.0 Å². The average molecular weight is 376 g/mol. The molecule has 3 aromatic rings. The summed E-state index contributed by atoms with van der Waals surface area (Å²) in [7, 11) is 0. The number of aromatic nitrogens is 2. The normalized spacial score (nSPS) is 15.3. The molecule has 5 nitrogen and oxygen atoms in total. The molecule has 1 aliphatic rings. The van der Waals surface area contributed by atoms with Crippen molar-refractivity contribution >= 4 is 11.7 Å². The number of hydrogen-bond donors (Lipinski definition) is 0. The van der Waals surface area contributed by atoms with Crippen LogP contribution in [0.15, 0.2) is 73.1 Å². The number of benzene rings is 1. The fourth-order valence-electron chi connectivity index (χ4n) is 3.52. The lowest BCUT2D eigenvalue weighted by Crippen LogP contribution is -2.50. The molecule has 1 saturated heterocycles. The zero-order chi connectivity index (χ0) is 19.3. The molecule has 28 heavy (non-hydrogen) atoms. The van der Waals surface area contributed by atoms with Gasteiger partial charge in [0.05, 0.1) is 5.69 Å². The molecule has 142 valence electrons. The van der Waals surface area contributed by atoms with Crippen LogP contribution in [-0.2, 0) is 4.79 Å². The summed E-state index contributed by atoms with van der Waals surface area (Å²) in [5, 5.41) is 0. The van der Waals surface area contributed by atoms with Crippen LogP contribution in [0, 0.1) is 5.82 Å². The summed E-state index contributed by atoms with van der Waals surface area (Å²) in [6.45, 7) is 2.67. The number of piperazine rings is 1. The molecule has 6 heteroatoms. The van der Waals surface area contributed by atoms with E-state index < -0.39 is 5.92 Å². The molecule has 0 aliphatic carbocycles. The van der Waals surface area contributed by atoms with Crippen molar-refractivity contribution in [3.63, 3.8) is 0 Å². The predicted octanol–water partition coefficient (Wildman–Crippen LogP) is 3.10. The number of rotatable bonds is 4. The molecule has 4 rings (SSSR count). The average Bonchev–Trinajstić information content (AvgIpc) is 2.77. The van der Waals surface area contributed by atoms with Crippen molar-refractivity contribution in [1.29, 1.82) is 0 Å². The van der Waals surface area contributed by atoms with Gasteiger partial charge >= 0.3 is 0 Å². The van der Waals surface area contributed by atoms with E-state index in [1.54, 1.807) is 24.5 Å². The zero-order valence-electron chi connectivity index (χ0n) is 15.4. The molecule has 1 unspecified atom stereocenters. The maximum absolute atomic E-state index is 13.4. The molecule has 1 aromatic carbocycles. The Morgan fingerprint density at radius 2 is 1.54 bits per heavy atom. The van der Waals surface area contributed by atoms with E-state index in [-0.39, 0.29) is 11.7 Å². The minimum atomic E-state index is -0.539. The Bertz CT molecular complexity index is 910. The number of anilines is 1. The quantitative estimate of drug-likeness (QED) is 0.702. The van der Waals surface area contributed by atoms with Crippen LogP contribution in [0.5, 0.6) is 0 Å². The molecule has 1 atom stereocenters. The van der Waals surface area contributed by atoms with E-state index in [1.165, 1.54) is 12.1 Å². The van der Waals surface area contributed by atoms with Gasteiger partial charge in [-0.25, -0.2) is 9.37 Å². The second-order valence-electron chi connectivity index (χ2n) is 6.74. The van der Waals surface area contributed by atoms with Crippen LogP contribution in [0.4, 0.5) is 10.2 Å². The zero-order valence-corrected chi connectivity index (χ0v) is 15.4. The third kappa shape index (κ3) is 3.86. The maximum Gasteiger partial charge on any atom is 0.236 e. The van der Waals surface area contributed by atoms with E-state index in [2.05, 4.69) is 14.9 Å². The molecule has 1 amide bonds. The third-order valence-corrected chi connectivity index (χ3v) is 5.00. The molecule has 0 N–H and O–H groups in total.